The van der Waals surface area contributed by atoms with E-state index in [0.29, 0.717) is 6.42 Å². The summed E-state index contributed by atoms with van der Waals surface area (Å²) in [4.78, 5) is 14.5. The van der Waals surface area contributed by atoms with E-state index in [1.165, 1.54) is 5.56 Å². The van der Waals surface area contributed by atoms with Crippen LogP contribution >= 0.6 is 11.3 Å². The molecule has 0 radical (unpaired) electrons. The molecule has 4 nitrogen and oxygen atoms in total. The summed E-state index contributed by atoms with van der Waals surface area (Å²) in [7, 11) is 1.92. The molecule has 3 rings (SSSR count). The van der Waals surface area contributed by atoms with Crippen LogP contribution in [0.15, 0.2) is 29.2 Å². The molecule has 0 bridgehead atoms. The van der Waals surface area contributed by atoms with Crippen LogP contribution in [0.25, 0.3) is 0 Å². The van der Waals surface area contributed by atoms with E-state index >= 15 is 0 Å². The molecule has 20 heavy (non-hydrogen) atoms. The number of nitrogens with zero attached hydrogens (tertiary/aromatic N) is 3. The maximum absolute atomic E-state index is 12.4. The van der Waals surface area contributed by atoms with Gasteiger partial charge in [-0.3, -0.25) is 9.48 Å². The van der Waals surface area contributed by atoms with Gasteiger partial charge in [-0.25, -0.2) is 0 Å². The molecule has 106 valence electrons. The summed E-state index contributed by atoms with van der Waals surface area (Å²) in [6, 6.07) is 2.32. The minimum atomic E-state index is 0.221. The van der Waals surface area contributed by atoms with Gasteiger partial charge >= 0.3 is 0 Å². The molecule has 1 saturated heterocycles. The van der Waals surface area contributed by atoms with Crippen molar-refractivity contribution in [1.29, 1.82) is 0 Å². The first-order chi connectivity index (χ1) is 9.74. The van der Waals surface area contributed by atoms with Gasteiger partial charge in [0.05, 0.1) is 12.2 Å². The molecule has 2 aromatic rings. The molecule has 0 spiro atoms. The summed E-state index contributed by atoms with van der Waals surface area (Å²) in [6.45, 7) is 0.877. The van der Waals surface area contributed by atoms with E-state index in [9.17, 15) is 4.79 Å². The van der Waals surface area contributed by atoms with Crippen molar-refractivity contribution in [3.63, 3.8) is 0 Å². The third-order valence-electron chi connectivity index (χ3n) is 3.89. The molecule has 1 aliphatic heterocycles. The number of likely N-dealkylation sites (tertiary alicyclic amines) is 1. The highest BCUT2D eigenvalue weighted by Gasteiger charge is 2.30. The van der Waals surface area contributed by atoms with E-state index in [0.717, 1.165) is 31.4 Å². The molecule has 0 aliphatic carbocycles. The Morgan fingerprint density at radius 2 is 2.45 bits per heavy atom. The summed E-state index contributed by atoms with van der Waals surface area (Å²) < 4.78 is 1.81. The zero-order chi connectivity index (χ0) is 13.9. The van der Waals surface area contributed by atoms with Gasteiger partial charge < -0.3 is 4.90 Å². The van der Waals surface area contributed by atoms with Crippen molar-refractivity contribution in [3.8, 4) is 0 Å². The minimum Gasteiger partial charge on any atom is -0.336 e. The highest BCUT2D eigenvalue weighted by Crippen LogP contribution is 2.32. The predicted octanol–water partition coefficient (Wildman–Crippen LogP) is 2.78. The Morgan fingerprint density at radius 3 is 3.15 bits per heavy atom. The Bertz CT molecular complexity index is 576. The number of thiophene rings is 1. The maximum Gasteiger partial charge on any atom is 0.223 e. The fourth-order valence-corrected chi connectivity index (χ4v) is 3.56. The summed E-state index contributed by atoms with van der Waals surface area (Å²) in [6.07, 6.45) is 7.50. The molecular weight excluding hydrogens is 270 g/mol. The number of rotatable bonds is 4. The number of carbonyl (C=O) groups excluding carboxylic acids is 1. The molecule has 2 aromatic heterocycles. The van der Waals surface area contributed by atoms with E-state index < -0.39 is 0 Å². The molecule has 0 unspecified atom stereocenters. The van der Waals surface area contributed by atoms with Crippen molar-refractivity contribution in [3.05, 3.63) is 40.3 Å². The fourth-order valence-electron chi connectivity index (χ4n) is 2.85. The van der Waals surface area contributed by atoms with Gasteiger partial charge in [-0.15, -0.1) is 0 Å². The van der Waals surface area contributed by atoms with Gasteiger partial charge in [0.2, 0.25) is 5.91 Å². The zero-order valence-electron chi connectivity index (χ0n) is 11.7. The van der Waals surface area contributed by atoms with Gasteiger partial charge in [-0.05, 0) is 41.7 Å². The third kappa shape index (κ3) is 2.77. The first-order valence-corrected chi connectivity index (χ1v) is 7.97. The Balaban J connectivity index is 1.64. The molecule has 1 aliphatic rings. The van der Waals surface area contributed by atoms with E-state index in [2.05, 4.69) is 21.9 Å². The summed E-state index contributed by atoms with van der Waals surface area (Å²) in [5.74, 6) is 0.266. The zero-order valence-corrected chi connectivity index (χ0v) is 12.5. The summed E-state index contributed by atoms with van der Waals surface area (Å²) in [5.41, 5.74) is 2.43. The van der Waals surface area contributed by atoms with Gasteiger partial charge in [-0.1, -0.05) is 0 Å². The Kier molecular flexibility index (Phi) is 3.87. The Labute approximate surface area is 123 Å². The van der Waals surface area contributed by atoms with E-state index in [1.54, 1.807) is 11.3 Å². The summed E-state index contributed by atoms with van der Waals surface area (Å²) >= 11 is 1.69. The first kappa shape index (κ1) is 13.4. The second kappa shape index (κ2) is 5.79. The van der Waals surface area contributed by atoms with Crippen molar-refractivity contribution < 1.29 is 4.79 Å². The van der Waals surface area contributed by atoms with Crippen molar-refractivity contribution in [1.82, 2.24) is 14.7 Å². The number of aromatic nitrogens is 2. The van der Waals surface area contributed by atoms with E-state index in [4.69, 9.17) is 0 Å². The van der Waals surface area contributed by atoms with Gasteiger partial charge in [-0.2, -0.15) is 16.4 Å². The lowest BCUT2D eigenvalue weighted by molar-refractivity contribution is -0.132. The average molecular weight is 289 g/mol. The quantitative estimate of drug-likeness (QED) is 0.868. The first-order valence-electron chi connectivity index (χ1n) is 7.03. The molecular formula is C15H19N3OS. The predicted molar refractivity (Wildman–Crippen MR) is 79.5 cm³/mol. The third-order valence-corrected chi connectivity index (χ3v) is 4.62. The fraction of sp³-hybridized carbons (Fsp3) is 0.467. The number of carbonyl (C=O) groups is 1. The van der Waals surface area contributed by atoms with Crippen LogP contribution in [0.1, 0.15) is 36.4 Å². The molecule has 0 saturated carbocycles. The van der Waals surface area contributed by atoms with Gasteiger partial charge in [0.15, 0.2) is 0 Å². The molecule has 1 amide bonds. The number of hydrogen-bond acceptors (Lipinski definition) is 3. The molecule has 1 atom stereocenters. The SMILES string of the molecule is Cn1cc([C@@H]2CCCN2C(=O)CCc2ccsc2)cn1. The van der Waals surface area contributed by atoms with Crippen LogP contribution in [0, 0.1) is 0 Å². The Morgan fingerprint density at radius 1 is 1.55 bits per heavy atom. The molecule has 1 fully saturated rings. The smallest absolute Gasteiger partial charge is 0.223 e. The topological polar surface area (TPSA) is 38.1 Å². The van der Waals surface area contributed by atoms with Crippen molar-refractivity contribution in [2.24, 2.45) is 7.05 Å². The lowest BCUT2D eigenvalue weighted by atomic mass is 10.1. The molecule has 0 N–H and O–H groups in total. The lowest BCUT2D eigenvalue weighted by Gasteiger charge is -2.24. The molecule has 5 heteroatoms. The van der Waals surface area contributed by atoms with Crippen LogP contribution in [0.2, 0.25) is 0 Å². The number of amides is 1. The number of aryl methyl sites for hydroxylation is 2. The molecule has 3 heterocycles. The maximum atomic E-state index is 12.4. The van der Waals surface area contributed by atoms with Gasteiger partial charge in [0, 0.05) is 31.8 Å². The lowest BCUT2D eigenvalue weighted by Crippen LogP contribution is -2.30. The van der Waals surface area contributed by atoms with Crippen molar-refractivity contribution in [2.75, 3.05) is 6.54 Å². The Hall–Kier alpha value is -1.62. The minimum absolute atomic E-state index is 0.221. The van der Waals surface area contributed by atoms with Crippen LogP contribution < -0.4 is 0 Å². The second-order valence-corrected chi connectivity index (χ2v) is 6.10. The standard InChI is InChI=1S/C15H19N3OS/c1-17-10-13(9-16-17)14-3-2-7-18(14)15(19)5-4-12-6-8-20-11-12/h6,8-11,14H,2-5,7H2,1H3/t14-/m0/s1. The van der Waals surface area contributed by atoms with Gasteiger partial charge in [0.25, 0.3) is 0 Å². The van der Waals surface area contributed by atoms with Crippen molar-refractivity contribution in [2.45, 2.75) is 31.7 Å². The van der Waals surface area contributed by atoms with Crippen molar-refractivity contribution >= 4 is 17.2 Å². The molecule has 0 aromatic carbocycles. The largest absolute Gasteiger partial charge is 0.336 e. The normalized spacial score (nSPS) is 18.6. The highest BCUT2D eigenvalue weighted by atomic mass is 32.1. The second-order valence-electron chi connectivity index (χ2n) is 5.32. The van der Waals surface area contributed by atoms with Crippen LogP contribution in [0.3, 0.4) is 0 Å². The number of hydrogen-bond donors (Lipinski definition) is 0. The van der Waals surface area contributed by atoms with Crippen LogP contribution in [0.5, 0.6) is 0 Å². The van der Waals surface area contributed by atoms with E-state index in [1.807, 2.05) is 29.0 Å². The van der Waals surface area contributed by atoms with Crippen LogP contribution in [-0.4, -0.2) is 27.1 Å². The van der Waals surface area contributed by atoms with E-state index in [-0.39, 0.29) is 11.9 Å². The average Bonchev–Trinajstić information content (AvgIpc) is 3.16. The monoisotopic (exact) mass is 289 g/mol. The summed E-state index contributed by atoms with van der Waals surface area (Å²) in [5, 5.41) is 8.41. The highest BCUT2D eigenvalue weighted by molar-refractivity contribution is 7.07. The van der Waals surface area contributed by atoms with Crippen LogP contribution in [0.4, 0.5) is 0 Å². The van der Waals surface area contributed by atoms with Crippen LogP contribution in [-0.2, 0) is 18.3 Å². The van der Waals surface area contributed by atoms with Gasteiger partial charge in [0.1, 0.15) is 0 Å².